The number of anilines is 1. The van der Waals surface area contributed by atoms with Gasteiger partial charge in [-0.25, -0.2) is 0 Å². The molecule has 0 aliphatic rings. The van der Waals surface area contributed by atoms with Crippen molar-refractivity contribution in [2.45, 2.75) is 20.3 Å². The minimum absolute atomic E-state index is 0.00718. The molecular weight excluding hydrogens is 204 g/mol. The summed E-state index contributed by atoms with van der Waals surface area (Å²) < 4.78 is 0. The molecule has 4 nitrogen and oxygen atoms in total. The minimum atomic E-state index is -1.07. The van der Waals surface area contributed by atoms with Gasteiger partial charge in [0.15, 0.2) is 0 Å². The minimum Gasteiger partial charge on any atom is -0.506 e. The summed E-state index contributed by atoms with van der Waals surface area (Å²) in [5, 5.41) is 20.9. The van der Waals surface area contributed by atoms with Crippen LogP contribution in [0.5, 0.6) is 5.75 Å². The lowest BCUT2D eigenvalue weighted by Crippen LogP contribution is -2.31. The molecule has 1 aromatic carbocycles. The van der Waals surface area contributed by atoms with Crippen molar-refractivity contribution in [1.29, 1.82) is 5.26 Å². The number of hydrogen-bond acceptors (Lipinski definition) is 3. The van der Waals surface area contributed by atoms with E-state index < -0.39 is 11.3 Å². The molecule has 1 aromatic rings. The first-order valence-electron chi connectivity index (χ1n) is 5.04. The van der Waals surface area contributed by atoms with E-state index in [1.54, 1.807) is 32.0 Å². The molecule has 1 amide bonds. The highest BCUT2D eigenvalue weighted by Gasteiger charge is 2.31. The molecule has 1 rings (SSSR count). The van der Waals surface area contributed by atoms with E-state index in [9.17, 15) is 9.90 Å². The summed E-state index contributed by atoms with van der Waals surface area (Å²) in [5.41, 5.74) is -0.745. The zero-order chi connectivity index (χ0) is 12.2. The Bertz CT molecular complexity index is 437. The Morgan fingerprint density at radius 2 is 2.19 bits per heavy atom. The zero-order valence-electron chi connectivity index (χ0n) is 9.32. The van der Waals surface area contributed by atoms with Gasteiger partial charge in [0, 0.05) is 0 Å². The number of aromatic hydroxyl groups is 1. The fraction of sp³-hybridized carbons (Fsp3) is 0.333. The molecular formula is C12H14N2O2. The third-order valence-corrected chi connectivity index (χ3v) is 2.61. The van der Waals surface area contributed by atoms with Gasteiger partial charge in [-0.2, -0.15) is 5.26 Å². The van der Waals surface area contributed by atoms with E-state index >= 15 is 0 Å². The number of benzene rings is 1. The van der Waals surface area contributed by atoms with Crippen molar-refractivity contribution < 1.29 is 9.90 Å². The van der Waals surface area contributed by atoms with E-state index in [1.165, 1.54) is 6.07 Å². The van der Waals surface area contributed by atoms with Crippen LogP contribution in [0.3, 0.4) is 0 Å². The van der Waals surface area contributed by atoms with E-state index in [1.807, 2.05) is 6.07 Å². The predicted molar refractivity (Wildman–Crippen MR) is 60.7 cm³/mol. The first-order valence-corrected chi connectivity index (χ1v) is 5.04. The van der Waals surface area contributed by atoms with Crippen molar-refractivity contribution >= 4 is 11.6 Å². The van der Waals surface area contributed by atoms with Crippen molar-refractivity contribution in [3.8, 4) is 11.8 Å². The average molecular weight is 218 g/mol. The van der Waals surface area contributed by atoms with Crippen molar-refractivity contribution in [2.75, 3.05) is 5.32 Å². The number of phenols is 1. The highest BCUT2D eigenvalue weighted by Crippen LogP contribution is 2.26. The van der Waals surface area contributed by atoms with Crippen LogP contribution in [0.15, 0.2) is 24.3 Å². The smallest absolute Gasteiger partial charge is 0.244 e. The fourth-order valence-electron chi connectivity index (χ4n) is 1.13. The van der Waals surface area contributed by atoms with Crippen LogP contribution in [0.1, 0.15) is 20.3 Å². The number of nitriles is 1. The van der Waals surface area contributed by atoms with Crippen LogP contribution in [0.2, 0.25) is 0 Å². The number of nitrogens with one attached hydrogen (secondary N) is 1. The van der Waals surface area contributed by atoms with Gasteiger partial charge in [-0.05, 0) is 25.5 Å². The monoisotopic (exact) mass is 218 g/mol. The summed E-state index contributed by atoms with van der Waals surface area (Å²) in [7, 11) is 0. The van der Waals surface area contributed by atoms with Gasteiger partial charge < -0.3 is 10.4 Å². The highest BCUT2D eigenvalue weighted by molar-refractivity contribution is 5.97. The molecule has 0 fully saturated rings. The standard InChI is InChI=1S/C12H14N2O2/c1-3-12(2,8-13)11(16)14-9-6-4-5-7-10(9)15/h4-7,15H,3H2,1-2H3,(H,14,16). The summed E-state index contributed by atoms with van der Waals surface area (Å²) in [6.45, 7) is 3.34. The third kappa shape index (κ3) is 2.31. The molecule has 0 aromatic heterocycles. The summed E-state index contributed by atoms with van der Waals surface area (Å²) >= 11 is 0. The molecule has 0 saturated carbocycles. The van der Waals surface area contributed by atoms with Gasteiger partial charge in [-0.3, -0.25) is 4.79 Å². The first kappa shape index (κ1) is 12.1. The Morgan fingerprint density at radius 3 is 2.69 bits per heavy atom. The Hall–Kier alpha value is -2.02. The second-order valence-electron chi connectivity index (χ2n) is 3.77. The molecule has 1 unspecified atom stereocenters. The molecule has 0 spiro atoms. The molecule has 0 heterocycles. The lowest BCUT2D eigenvalue weighted by atomic mass is 9.88. The quantitative estimate of drug-likeness (QED) is 0.764. The van der Waals surface area contributed by atoms with Crippen LogP contribution in [0.25, 0.3) is 0 Å². The second-order valence-corrected chi connectivity index (χ2v) is 3.77. The van der Waals surface area contributed by atoms with Gasteiger partial charge in [0.25, 0.3) is 0 Å². The molecule has 4 heteroatoms. The number of nitrogens with zero attached hydrogens (tertiary/aromatic N) is 1. The van der Waals surface area contributed by atoms with Crippen molar-refractivity contribution in [1.82, 2.24) is 0 Å². The highest BCUT2D eigenvalue weighted by atomic mass is 16.3. The maximum Gasteiger partial charge on any atom is 0.244 e. The molecule has 16 heavy (non-hydrogen) atoms. The summed E-state index contributed by atoms with van der Waals surface area (Å²) in [6.07, 6.45) is 0.420. The lowest BCUT2D eigenvalue weighted by molar-refractivity contribution is -0.122. The second kappa shape index (κ2) is 4.67. The Balaban J connectivity index is 2.88. The molecule has 1 atom stereocenters. The van der Waals surface area contributed by atoms with E-state index in [0.29, 0.717) is 12.1 Å². The Kier molecular flexibility index (Phi) is 3.51. The summed E-state index contributed by atoms with van der Waals surface area (Å²) in [5.74, 6) is -0.411. The molecule has 0 aliphatic carbocycles. The topological polar surface area (TPSA) is 73.1 Å². The maximum atomic E-state index is 11.8. The number of carbonyl (C=O) groups excluding carboxylic acids is 1. The summed E-state index contributed by atoms with van der Waals surface area (Å²) in [6, 6.07) is 8.40. The van der Waals surface area contributed by atoms with Crippen molar-refractivity contribution in [3.05, 3.63) is 24.3 Å². The number of phenolic OH excluding ortho intramolecular Hbond substituents is 1. The normalized spacial score (nSPS) is 13.6. The molecule has 0 saturated heterocycles. The molecule has 2 N–H and O–H groups in total. The van der Waals surface area contributed by atoms with Crippen LogP contribution in [0, 0.1) is 16.7 Å². The van der Waals surface area contributed by atoms with Gasteiger partial charge in [0.2, 0.25) is 5.91 Å². The summed E-state index contributed by atoms with van der Waals surface area (Å²) in [4.78, 5) is 11.8. The predicted octanol–water partition coefficient (Wildman–Crippen LogP) is 2.27. The number of hydrogen-bond donors (Lipinski definition) is 2. The average Bonchev–Trinajstić information content (AvgIpc) is 2.31. The number of amides is 1. The lowest BCUT2D eigenvalue weighted by Gasteiger charge is -2.18. The Labute approximate surface area is 94.5 Å². The van der Waals surface area contributed by atoms with Crippen LogP contribution in [-0.4, -0.2) is 11.0 Å². The zero-order valence-corrected chi connectivity index (χ0v) is 9.32. The molecule has 0 bridgehead atoms. The van der Waals surface area contributed by atoms with E-state index in [0.717, 1.165) is 0 Å². The molecule has 84 valence electrons. The van der Waals surface area contributed by atoms with Crippen LogP contribution in [-0.2, 0) is 4.79 Å². The van der Waals surface area contributed by atoms with Gasteiger partial charge in [0.05, 0.1) is 11.8 Å². The van der Waals surface area contributed by atoms with Crippen molar-refractivity contribution in [3.63, 3.8) is 0 Å². The van der Waals surface area contributed by atoms with Crippen LogP contribution in [0.4, 0.5) is 5.69 Å². The Morgan fingerprint density at radius 1 is 1.56 bits per heavy atom. The van der Waals surface area contributed by atoms with Crippen molar-refractivity contribution in [2.24, 2.45) is 5.41 Å². The van der Waals surface area contributed by atoms with Gasteiger partial charge >= 0.3 is 0 Å². The van der Waals surface area contributed by atoms with E-state index in [-0.39, 0.29) is 5.75 Å². The number of carbonyl (C=O) groups is 1. The number of rotatable bonds is 3. The van der Waals surface area contributed by atoms with Crippen LogP contribution < -0.4 is 5.32 Å². The molecule has 0 radical (unpaired) electrons. The van der Waals surface area contributed by atoms with Crippen LogP contribution >= 0.6 is 0 Å². The third-order valence-electron chi connectivity index (χ3n) is 2.61. The maximum absolute atomic E-state index is 11.8. The van der Waals surface area contributed by atoms with Gasteiger partial charge in [-0.1, -0.05) is 19.1 Å². The largest absolute Gasteiger partial charge is 0.506 e. The number of para-hydroxylation sites is 2. The molecule has 0 aliphatic heterocycles. The van der Waals surface area contributed by atoms with E-state index in [4.69, 9.17) is 5.26 Å². The fourth-order valence-corrected chi connectivity index (χ4v) is 1.13. The SMILES string of the molecule is CCC(C)(C#N)C(=O)Nc1ccccc1O. The van der Waals surface area contributed by atoms with Gasteiger partial charge in [0.1, 0.15) is 11.2 Å². The first-order chi connectivity index (χ1) is 7.53. The van der Waals surface area contributed by atoms with Gasteiger partial charge in [-0.15, -0.1) is 0 Å². The van der Waals surface area contributed by atoms with E-state index in [2.05, 4.69) is 5.32 Å².